The lowest BCUT2D eigenvalue weighted by molar-refractivity contribution is 0.120. The molecule has 0 radical (unpaired) electrons. The third kappa shape index (κ3) is 4.08. The molecular weight excluding hydrogens is 386 g/mol. The number of ether oxygens (including phenoxy) is 1. The van der Waals surface area contributed by atoms with Crippen LogP contribution >= 0.6 is 0 Å². The van der Waals surface area contributed by atoms with E-state index < -0.39 is 8.32 Å². The van der Waals surface area contributed by atoms with Crippen LogP contribution in [0.2, 0.25) is 18.1 Å². The number of hydrogen-bond acceptors (Lipinski definition) is 8. The van der Waals surface area contributed by atoms with Gasteiger partial charge in [0, 0.05) is 32.2 Å². The summed E-state index contributed by atoms with van der Waals surface area (Å²) in [5, 5.41) is 0.202. The van der Waals surface area contributed by atoms with Gasteiger partial charge in [0.2, 0.25) is 5.65 Å². The molecule has 9 heteroatoms. The van der Waals surface area contributed by atoms with E-state index in [0.29, 0.717) is 36.1 Å². The van der Waals surface area contributed by atoms with E-state index in [4.69, 9.17) is 24.3 Å². The summed E-state index contributed by atoms with van der Waals surface area (Å²) >= 11 is 0. The number of nitrogens with zero attached hydrogens (tertiary/aromatic N) is 4. The fourth-order valence-corrected chi connectivity index (χ4v) is 4.99. The normalized spacial score (nSPS) is 21.3. The Morgan fingerprint density at radius 2 is 1.86 bits per heavy atom. The molecule has 4 rings (SSSR count). The Morgan fingerprint density at radius 1 is 1.14 bits per heavy atom. The summed E-state index contributed by atoms with van der Waals surface area (Å²) in [5.41, 5.74) is 8.19. The van der Waals surface area contributed by atoms with Gasteiger partial charge in [-0.05, 0) is 24.6 Å². The van der Waals surface area contributed by atoms with Gasteiger partial charge in [0.15, 0.2) is 19.7 Å². The smallest absolute Gasteiger partial charge is 0.300 e. The highest BCUT2D eigenvalue weighted by atomic mass is 28.4. The monoisotopic (exact) mass is 419 g/mol. The lowest BCUT2D eigenvalue weighted by Crippen LogP contribution is -2.44. The highest BCUT2D eigenvalue weighted by molar-refractivity contribution is 6.74. The van der Waals surface area contributed by atoms with Crippen LogP contribution < -0.4 is 15.5 Å². The lowest BCUT2D eigenvalue weighted by Gasteiger charge is -2.38. The number of pyridine rings is 1. The van der Waals surface area contributed by atoms with Gasteiger partial charge in [-0.2, -0.15) is 4.98 Å². The average Bonchev–Trinajstić information content (AvgIpc) is 3.27. The standard InChI is InChI=1S/C20H33N5O3Si/c1-20(2,3)29(4,5)28-14-6-7-25(13-14)18-15(21)12-16-17(22-18)23-19(27-16)24-8-10-26-11-9-24/h12,14H,6-11,13,21H2,1-5H3/t14-/m0/s1. The molecule has 0 aromatic carbocycles. The first kappa shape index (κ1) is 20.4. The quantitative estimate of drug-likeness (QED) is 0.756. The van der Waals surface area contributed by atoms with Gasteiger partial charge in [-0.25, -0.2) is 4.98 Å². The number of oxazole rings is 1. The number of rotatable bonds is 4. The predicted molar refractivity (Wildman–Crippen MR) is 118 cm³/mol. The first-order valence-corrected chi connectivity index (χ1v) is 13.4. The van der Waals surface area contributed by atoms with Crippen LogP contribution in [0.4, 0.5) is 17.5 Å². The van der Waals surface area contributed by atoms with E-state index in [1.165, 1.54) is 0 Å². The number of nitrogen functional groups attached to an aromatic ring is 1. The molecule has 2 aliphatic rings. The molecule has 0 saturated carbocycles. The Bertz CT molecular complexity index is 873. The van der Waals surface area contributed by atoms with Crippen LogP contribution in [0.15, 0.2) is 10.5 Å². The van der Waals surface area contributed by atoms with Crippen LogP contribution in [-0.4, -0.2) is 63.8 Å². The molecule has 0 bridgehead atoms. The summed E-state index contributed by atoms with van der Waals surface area (Å²) in [6.07, 6.45) is 1.21. The molecule has 2 saturated heterocycles. The van der Waals surface area contributed by atoms with E-state index in [2.05, 4.69) is 48.6 Å². The van der Waals surface area contributed by atoms with Gasteiger partial charge in [0.1, 0.15) is 0 Å². The van der Waals surface area contributed by atoms with Crippen molar-refractivity contribution in [1.82, 2.24) is 9.97 Å². The van der Waals surface area contributed by atoms with Crippen molar-refractivity contribution in [3.05, 3.63) is 6.07 Å². The highest BCUT2D eigenvalue weighted by Gasteiger charge is 2.40. The van der Waals surface area contributed by atoms with Gasteiger partial charge in [0.05, 0.1) is 25.0 Å². The summed E-state index contributed by atoms with van der Waals surface area (Å²) < 4.78 is 17.9. The van der Waals surface area contributed by atoms with Gasteiger partial charge in [0.25, 0.3) is 6.01 Å². The van der Waals surface area contributed by atoms with E-state index in [0.717, 1.165) is 38.4 Å². The topological polar surface area (TPSA) is 89.9 Å². The molecule has 2 aromatic rings. The zero-order valence-electron chi connectivity index (χ0n) is 18.2. The highest BCUT2D eigenvalue weighted by Crippen LogP contribution is 2.39. The molecule has 2 fully saturated rings. The molecule has 2 aliphatic heterocycles. The van der Waals surface area contributed by atoms with Crippen LogP contribution in [0.5, 0.6) is 0 Å². The van der Waals surface area contributed by atoms with Crippen molar-refractivity contribution >= 4 is 37.1 Å². The van der Waals surface area contributed by atoms with Crippen LogP contribution in [-0.2, 0) is 9.16 Å². The van der Waals surface area contributed by atoms with Crippen molar-refractivity contribution in [2.24, 2.45) is 0 Å². The van der Waals surface area contributed by atoms with E-state index in [1.54, 1.807) is 0 Å². The van der Waals surface area contributed by atoms with Crippen molar-refractivity contribution in [3.8, 4) is 0 Å². The summed E-state index contributed by atoms with van der Waals surface area (Å²) in [5.74, 6) is 0.778. The molecular formula is C20H33N5O3Si. The number of anilines is 3. The number of fused-ring (bicyclic) bond motifs is 1. The molecule has 29 heavy (non-hydrogen) atoms. The van der Waals surface area contributed by atoms with Gasteiger partial charge in [-0.15, -0.1) is 0 Å². The molecule has 0 aliphatic carbocycles. The second-order valence-corrected chi connectivity index (χ2v) is 14.3. The third-order valence-corrected chi connectivity index (χ3v) is 10.9. The van der Waals surface area contributed by atoms with Gasteiger partial charge in [-0.1, -0.05) is 20.8 Å². The summed E-state index contributed by atoms with van der Waals surface area (Å²) in [4.78, 5) is 13.7. The number of nitrogens with two attached hydrogens (primary N) is 1. The van der Waals surface area contributed by atoms with Crippen LogP contribution in [0.1, 0.15) is 27.2 Å². The summed E-state index contributed by atoms with van der Waals surface area (Å²) in [6.45, 7) is 16.0. The molecule has 0 unspecified atom stereocenters. The second-order valence-electron chi connectivity index (χ2n) is 9.55. The summed E-state index contributed by atoms with van der Waals surface area (Å²) in [6, 6.07) is 2.43. The van der Waals surface area contributed by atoms with E-state index in [9.17, 15) is 0 Å². The van der Waals surface area contributed by atoms with Crippen molar-refractivity contribution in [3.63, 3.8) is 0 Å². The molecule has 4 heterocycles. The number of morpholine rings is 1. The first-order valence-electron chi connectivity index (χ1n) is 10.5. The Hall–Kier alpha value is -1.84. The minimum atomic E-state index is -1.80. The van der Waals surface area contributed by atoms with E-state index >= 15 is 0 Å². The largest absolute Gasteiger partial charge is 0.422 e. The van der Waals surface area contributed by atoms with Crippen LogP contribution in [0.3, 0.4) is 0 Å². The first-order chi connectivity index (χ1) is 13.6. The predicted octanol–water partition coefficient (Wildman–Crippen LogP) is 3.24. The Labute approximate surface area is 173 Å². The SMILES string of the molecule is CC(C)(C)[Si](C)(C)O[C@H]1CCN(c2nc3nc(N4CCOCC4)oc3cc2N)C1. The fourth-order valence-electron chi connectivity index (χ4n) is 3.61. The van der Waals surface area contributed by atoms with Crippen LogP contribution in [0, 0.1) is 0 Å². The minimum absolute atomic E-state index is 0.202. The Balaban J connectivity index is 1.51. The average molecular weight is 420 g/mol. The molecule has 2 aromatic heterocycles. The van der Waals surface area contributed by atoms with E-state index in [-0.39, 0.29) is 11.1 Å². The second kappa shape index (κ2) is 7.44. The Morgan fingerprint density at radius 3 is 2.55 bits per heavy atom. The van der Waals surface area contributed by atoms with Gasteiger partial charge >= 0.3 is 0 Å². The maximum absolute atomic E-state index is 6.60. The number of aromatic nitrogens is 2. The van der Waals surface area contributed by atoms with Gasteiger partial charge in [-0.3, -0.25) is 0 Å². The zero-order chi connectivity index (χ0) is 20.8. The third-order valence-electron chi connectivity index (χ3n) is 6.37. The Kier molecular flexibility index (Phi) is 5.24. The van der Waals surface area contributed by atoms with Crippen molar-refractivity contribution in [2.75, 3.05) is 54.9 Å². The molecule has 8 nitrogen and oxygen atoms in total. The van der Waals surface area contributed by atoms with E-state index in [1.807, 2.05) is 6.07 Å². The van der Waals surface area contributed by atoms with Crippen molar-refractivity contribution < 1.29 is 13.6 Å². The lowest BCUT2D eigenvalue weighted by atomic mass is 10.2. The molecule has 2 N–H and O–H groups in total. The maximum atomic E-state index is 6.60. The maximum Gasteiger partial charge on any atom is 0.300 e. The van der Waals surface area contributed by atoms with Gasteiger partial charge < -0.3 is 29.1 Å². The molecule has 0 amide bonds. The van der Waals surface area contributed by atoms with Crippen molar-refractivity contribution in [1.29, 1.82) is 0 Å². The summed E-state index contributed by atoms with van der Waals surface area (Å²) in [7, 11) is -1.80. The minimum Gasteiger partial charge on any atom is -0.422 e. The number of hydrogen-bond donors (Lipinski definition) is 1. The molecule has 0 spiro atoms. The zero-order valence-corrected chi connectivity index (χ0v) is 19.2. The molecule has 1 atom stereocenters. The molecule has 160 valence electrons. The van der Waals surface area contributed by atoms with Crippen molar-refractivity contribution in [2.45, 2.75) is 51.4 Å². The van der Waals surface area contributed by atoms with Crippen LogP contribution in [0.25, 0.3) is 11.2 Å². The fraction of sp³-hybridized carbons (Fsp3) is 0.700.